The van der Waals surface area contributed by atoms with Crippen LogP contribution in [-0.4, -0.2) is 42.4 Å². The summed E-state index contributed by atoms with van der Waals surface area (Å²) < 4.78 is 0. The van der Waals surface area contributed by atoms with E-state index in [1.165, 1.54) is 0 Å². The van der Waals surface area contributed by atoms with Crippen LogP contribution in [0.3, 0.4) is 0 Å². The van der Waals surface area contributed by atoms with Gasteiger partial charge in [-0.15, -0.1) is 0 Å². The molecule has 0 spiro atoms. The SMILES string of the molecule is CSCCC(=O)N1CCC(CN)CC1. The highest BCUT2D eigenvalue weighted by molar-refractivity contribution is 7.98. The average Bonchev–Trinajstić information content (AvgIpc) is 2.26. The van der Waals surface area contributed by atoms with Crippen LogP contribution in [0.4, 0.5) is 0 Å². The van der Waals surface area contributed by atoms with Crippen molar-refractivity contribution < 1.29 is 4.79 Å². The van der Waals surface area contributed by atoms with E-state index in [1.54, 1.807) is 11.8 Å². The molecule has 2 N–H and O–H groups in total. The van der Waals surface area contributed by atoms with Crippen LogP contribution in [0.25, 0.3) is 0 Å². The van der Waals surface area contributed by atoms with E-state index in [2.05, 4.69) is 0 Å². The van der Waals surface area contributed by atoms with Gasteiger partial charge in [0, 0.05) is 25.3 Å². The summed E-state index contributed by atoms with van der Waals surface area (Å²) >= 11 is 1.73. The molecule has 0 aromatic heterocycles. The van der Waals surface area contributed by atoms with Crippen molar-refractivity contribution in [2.75, 3.05) is 31.6 Å². The van der Waals surface area contributed by atoms with Gasteiger partial charge in [0.05, 0.1) is 0 Å². The van der Waals surface area contributed by atoms with E-state index in [9.17, 15) is 4.79 Å². The molecule has 0 aromatic carbocycles. The van der Waals surface area contributed by atoms with E-state index >= 15 is 0 Å². The van der Waals surface area contributed by atoms with E-state index in [0.717, 1.165) is 38.2 Å². The third kappa shape index (κ3) is 3.50. The maximum Gasteiger partial charge on any atom is 0.223 e. The summed E-state index contributed by atoms with van der Waals surface area (Å²) in [5, 5.41) is 0. The van der Waals surface area contributed by atoms with E-state index in [-0.39, 0.29) is 0 Å². The molecule has 0 aliphatic carbocycles. The lowest BCUT2D eigenvalue weighted by molar-refractivity contribution is -0.132. The summed E-state index contributed by atoms with van der Waals surface area (Å²) in [6.07, 6.45) is 4.89. The Labute approximate surface area is 90.4 Å². The second-order valence-electron chi connectivity index (χ2n) is 3.80. The van der Waals surface area contributed by atoms with Crippen LogP contribution in [0.5, 0.6) is 0 Å². The molecule has 82 valence electrons. The third-order valence-electron chi connectivity index (χ3n) is 2.82. The number of nitrogens with zero attached hydrogens (tertiary/aromatic N) is 1. The summed E-state index contributed by atoms with van der Waals surface area (Å²) in [5.41, 5.74) is 5.60. The molecule has 1 heterocycles. The second kappa shape index (κ2) is 6.30. The lowest BCUT2D eigenvalue weighted by Crippen LogP contribution is -2.40. The van der Waals surface area contributed by atoms with Crippen molar-refractivity contribution in [3.63, 3.8) is 0 Å². The topological polar surface area (TPSA) is 46.3 Å². The largest absolute Gasteiger partial charge is 0.343 e. The summed E-state index contributed by atoms with van der Waals surface area (Å²) in [4.78, 5) is 13.6. The Kier molecular flexibility index (Phi) is 5.33. The molecule has 1 saturated heterocycles. The van der Waals surface area contributed by atoms with Crippen molar-refractivity contribution >= 4 is 17.7 Å². The Morgan fingerprint density at radius 2 is 2.14 bits per heavy atom. The van der Waals surface area contributed by atoms with Gasteiger partial charge in [0.15, 0.2) is 0 Å². The molecular formula is C10H20N2OS. The lowest BCUT2D eigenvalue weighted by Gasteiger charge is -2.31. The number of piperidine rings is 1. The Hall–Kier alpha value is -0.220. The number of hydrogen-bond acceptors (Lipinski definition) is 3. The number of hydrogen-bond donors (Lipinski definition) is 1. The van der Waals surface area contributed by atoms with Crippen LogP contribution < -0.4 is 5.73 Å². The quantitative estimate of drug-likeness (QED) is 0.760. The molecule has 3 nitrogen and oxygen atoms in total. The maximum atomic E-state index is 11.6. The lowest BCUT2D eigenvalue weighted by atomic mass is 9.97. The van der Waals surface area contributed by atoms with E-state index in [1.807, 2.05) is 11.2 Å². The smallest absolute Gasteiger partial charge is 0.223 e. The van der Waals surface area contributed by atoms with E-state index < -0.39 is 0 Å². The number of amides is 1. The maximum absolute atomic E-state index is 11.6. The van der Waals surface area contributed by atoms with Crippen molar-refractivity contribution in [2.24, 2.45) is 11.7 Å². The third-order valence-corrected chi connectivity index (χ3v) is 3.43. The highest BCUT2D eigenvalue weighted by Crippen LogP contribution is 2.16. The molecular weight excluding hydrogens is 196 g/mol. The van der Waals surface area contributed by atoms with Crippen LogP contribution >= 0.6 is 11.8 Å². The number of likely N-dealkylation sites (tertiary alicyclic amines) is 1. The summed E-state index contributed by atoms with van der Waals surface area (Å²) in [5.74, 6) is 1.89. The Morgan fingerprint density at radius 1 is 1.50 bits per heavy atom. The van der Waals surface area contributed by atoms with Crippen LogP contribution in [0.1, 0.15) is 19.3 Å². The zero-order chi connectivity index (χ0) is 10.4. The first-order valence-electron chi connectivity index (χ1n) is 5.24. The van der Waals surface area contributed by atoms with Gasteiger partial charge in [0.25, 0.3) is 0 Å². The zero-order valence-corrected chi connectivity index (χ0v) is 9.68. The molecule has 0 radical (unpaired) electrons. The van der Waals surface area contributed by atoms with Crippen molar-refractivity contribution in [1.29, 1.82) is 0 Å². The van der Waals surface area contributed by atoms with Gasteiger partial charge in [0.2, 0.25) is 5.91 Å². The first-order chi connectivity index (χ1) is 6.77. The number of nitrogens with two attached hydrogens (primary N) is 1. The highest BCUT2D eigenvalue weighted by atomic mass is 32.2. The number of thioether (sulfide) groups is 1. The molecule has 0 unspecified atom stereocenters. The molecule has 1 fully saturated rings. The number of carbonyl (C=O) groups excluding carboxylic acids is 1. The second-order valence-corrected chi connectivity index (χ2v) is 4.79. The molecule has 14 heavy (non-hydrogen) atoms. The molecule has 0 bridgehead atoms. The van der Waals surface area contributed by atoms with Crippen molar-refractivity contribution in [3.8, 4) is 0 Å². The van der Waals surface area contributed by atoms with Gasteiger partial charge >= 0.3 is 0 Å². The van der Waals surface area contributed by atoms with Gasteiger partial charge in [-0.3, -0.25) is 4.79 Å². The standard InChI is InChI=1S/C10H20N2OS/c1-14-7-4-10(13)12-5-2-9(8-11)3-6-12/h9H,2-8,11H2,1H3. The molecule has 4 heteroatoms. The summed E-state index contributed by atoms with van der Waals surface area (Å²) in [6.45, 7) is 2.59. The minimum atomic E-state index is 0.315. The van der Waals surface area contributed by atoms with Crippen molar-refractivity contribution in [3.05, 3.63) is 0 Å². The van der Waals surface area contributed by atoms with Crippen molar-refractivity contribution in [1.82, 2.24) is 4.90 Å². The molecule has 0 saturated carbocycles. The Bertz CT molecular complexity index is 179. The average molecular weight is 216 g/mol. The minimum absolute atomic E-state index is 0.315. The zero-order valence-electron chi connectivity index (χ0n) is 8.87. The van der Waals surface area contributed by atoms with Gasteiger partial charge in [-0.2, -0.15) is 11.8 Å². The number of carbonyl (C=O) groups is 1. The molecule has 1 aliphatic rings. The normalized spacial score (nSPS) is 18.6. The van der Waals surface area contributed by atoms with Crippen LogP contribution in [-0.2, 0) is 4.79 Å². The first kappa shape index (κ1) is 11.9. The van der Waals surface area contributed by atoms with Crippen LogP contribution in [0.2, 0.25) is 0 Å². The van der Waals surface area contributed by atoms with Gasteiger partial charge in [0.1, 0.15) is 0 Å². The predicted octanol–water partition coefficient (Wildman–Crippen LogP) is 0.937. The Morgan fingerprint density at radius 3 is 2.64 bits per heavy atom. The van der Waals surface area contributed by atoms with Crippen molar-refractivity contribution in [2.45, 2.75) is 19.3 Å². The number of rotatable bonds is 4. The summed E-state index contributed by atoms with van der Waals surface area (Å²) in [6, 6.07) is 0. The Balaban J connectivity index is 2.23. The first-order valence-corrected chi connectivity index (χ1v) is 6.64. The van der Waals surface area contributed by atoms with Gasteiger partial charge in [-0.25, -0.2) is 0 Å². The molecule has 0 aromatic rings. The fourth-order valence-corrected chi connectivity index (χ4v) is 2.14. The monoisotopic (exact) mass is 216 g/mol. The minimum Gasteiger partial charge on any atom is -0.343 e. The fourth-order valence-electron chi connectivity index (χ4n) is 1.77. The molecule has 0 atom stereocenters. The van der Waals surface area contributed by atoms with Crippen LogP contribution in [0, 0.1) is 5.92 Å². The molecule has 1 amide bonds. The highest BCUT2D eigenvalue weighted by Gasteiger charge is 2.21. The van der Waals surface area contributed by atoms with E-state index in [4.69, 9.17) is 5.73 Å². The van der Waals surface area contributed by atoms with Gasteiger partial charge in [-0.1, -0.05) is 0 Å². The van der Waals surface area contributed by atoms with E-state index in [0.29, 0.717) is 18.2 Å². The van der Waals surface area contributed by atoms with Gasteiger partial charge < -0.3 is 10.6 Å². The molecule has 1 aliphatic heterocycles. The summed E-state index contributed by atoms with van der Waals surface area (Å²) in [7, 11) is 0. The fraction of sp³-hybridized carbons (Fsp3) is 0.900. The van der Waals surface area contributed by atoms with Crippen LogP contribution in [0.15, 0.2) is 0 Å². The predicted molar refractivity (Wildman–Crippen MR) is 61.4 cm³/mol. The van der Waals surface area contributed by atoms with Gasteiger partial charge in [-0.05, 0) is 31.6 Å². The molecule has 1 rings (SSSR count).